The number of nitrogens with zero attached hydrogens (tertiary/aromatic N) is 1. The fraction of sp³-hybridized carbons (Fsp3) is 0.154. The molecule has 0 aliphatic carbocycles. The molecule has 0 heterocycles. The van der Waals surface area contributed by atoms with Gasteiger partial charge in [-0.2, -0.15) is 5.10 Å². The number of methoxy groups -OCH3 is 1. The summed E-state index contributed by atoms with van der Waals surface area (Å²) in [5, 5.41) is 9.39. The van der Waals surface area contributed by atoms with E-state index in [1.165, 1.54) is 19.4 Å². The van der Waals surface area contributed by atoms with Crippen LogP contribution in [0, 0.1) is 0 Å². The van der Waals surface area contributed by atoms with Crippen LogP contribution in [-0.2, 0) is 20.8 Å². The number of nitrogens with one attached hydrogen (secondary N) is 3. The van der Waals surface area contributed by atoms with Gasteiger partial charge >= 0.3 is 11.8 Å². The zero-order valence-corrected chi connectivity index (χ0v) is 20.2. The van der Waals surface area contributed by atoms with Gasteiger partial charge in [-0.3, -0.25) is 14.4 Å². The van der Waals surface area contributed by atoms with E-state index in [0.29, 0.717) is 28.6 Å². The Balaban J connectivity index is 1.39. The second-order valence-electron chi connectivity index (χ2n) is 7.44. The Kier molecular flexibility index (Phi) is 9.84. The highest BCUT2D eigenvalue weighted by Crippen LogP contribution is 2.27. The maximum absolute atomic E-state index is 12.1. The van der Waals surface area contributed by atoms with Crippen LogP contribution in [0.2, 0.25) is 5.02 Å². The molecule has 3 aromatic carbocycles. The standard InChI is InChI=1S/C26H25ClN4O5/c1-35-23-12-9-20(27)15-22(23)30-25(33)26(34)31-29-16-19-7-10-21(11-8-19)36-17-24(32)28-14-13-18-5-3-2-4-6-18/h2-12,15-16H,13-14,17H2,1H3,(H,28,32)(H,30,33)(H,31,34)/b29-16-. The molecule has 0 fully saturated rings. The van der Waals surface area contributed by atoms with Crippen molar-refractivity contribution in [3.05, 3.63) is 88.9 Å². The molecule has 0 radical (unpaired) electrons. The summed E-state index contributed by atoms with van der Waals surface area (Å²) in [5.41, 5.74) is 4.20. The van der Waals surface area contributed by atoms with Crippen LogP contribution in [0.3, 0.4) is 0 Å². The molecule has 3 N–H and O–H groups in total. The molecular formula is C26H25ClN4O5. The molecule has 3 aromatic rings. The van der Waals surface area contributed by atoms with E-state index in [0.717, 1.165) is 12.0 Å². The van der Waals surface area contributed by atoms with Gasteiger partial charge in [0.1, 0.15) is 11.5 Å². The van der Waals surface area contributed by atoms with E-state index in [2.05, 4.69) is 21.2 Å². The van der Waals surface area contributed by atoms with Gasteiger partial charge in [0, 0.05) is 11.6 Å². The lowest BCUT2D eigenvalue weighted by molar-refractivity contribution is -0.136. The first-order valence-electron chi connectivity index (χ1n) is 11.0. The van der Waals surface area contributed by atoms with Crippen LogP contribution in [0.1, 0.15) is 11.1 Å². The summed E-state index contributed by atoms with van der Waals surface area (Å²) in [6, 6.07) is 21.2. The Morgan fingerprint density at radius 3 is 2.44 bits per heavy atom. The third-order valence-corrected chi connectivity index (χ3v) is 5.06. The second-order valence-corrected chi connectivity index (χ2v) is 7.88. The van der Waals surface area contributed by atoms with E-state index in [1.807, 2.05) is 30.3 Å². The fourth-order valence-electron chi connectivity index (χ4n) is 3.01. The van der Waals surface area contributed by atoms with Crippen LogP contribution in [-0.4, -0.2) is 44.2 Å². The third kappa shape index (κ3) is 8.44. The van der Waals surface area contributed by atoms with Crippen molar-refractivity contribution in [1.82, 2.24) is 10.7 Å². The molecular weight excluding hydrogens is 484 g/mol. The minimum absolute atomic E-state index is 0.106. The van der Waals surface area contributed by atoms with Crippen molar-refractivity contribution in [2.24, 2.45) is 5.10 Å². The van der Waals surface area contributed by atoms with Crippen LogP contribution in [0.5, 0.6) is 11.5 Å². The number of halogens is 1. The number of carbonyl (C=O) groups is 3. The minimum Gasteiger partial charge on any atom is -0.495 e. The molecule has 0 bridgehead atoms. The highest BCUT2D eigenvalue weighted by Gasteiger charge is 2.15. The molecule has 0 atom stereocenters. The van der Waals surface area contributed by atoms with Crippen LogP contribution in [0.25, 0.3) is 0 Å². The molecule has 0 aromatic heterocycles. The molecule has 3 rings (SSSR count). The van der Waals surface area contributed by atoms with Crippen LogP contribution in [0.4, 0.5) is 5.69 Å². The van der Waals surface area contributed by atoms with E-state index in [1.54, 1.807) is 36.4 Å². The first-order valence-corrected chi connectivity index (χ1v) is 11.3. The van der Waals surface area contributed by atoms with E-state index < -0.39 is 11.8 Å². The van der Waals surface area contributed by atoms with Gasteiger partial charge in [-0.1, -0.05) is 41.9 Å². The summed E-state index contributed by atoms with van der Waals surface area (Å²) >= 11 is 5.92. The predicted octanol–water partition coefficient (Wildman–Crippen LogP) is 3.18. The van der Waals surface area contributed by atoms with Crippen molar-refractivity contribution >= 4 is 41.2 Å². The number of rotatable bonds is 10. The zero-order chi connectivity index (χ0) is 25.8. The molecule has 0 unspecified atom stereocenters. The third-order valence-electron chi connectivity index (χ3n) is 4.82. The Labute approximate surface area is 213 Å². The van der Waals surface area contributed by atoms with Gasteiger partial charge < -0.3 is 20.1 Å². The summed E-state index contributed by atoms with van der Waals surface area (Å²) in [5.74, 6) is -1.25. The van der Waals surface area contributed by atoms with Crippen LogP contribution < -0.4 is 25.5 Å². The van der Waals surface area contributed by atoms with Gasteiger partial charge in [-0.15, -0.1) is 0 Å². The number of amides is 3. The minimum atomic E-state index is -0.966. The number of hydrogen-bond donors (Lipinski definition) is 3. The Hall–Kier alpha value is -4.37. The second kappa shape index (κ2) is 13.5. The van der Waals surface area contributed by atoms with Crippen molar-refractivity contribution in [2.45, 2.75) is 6.42 Å². The summed E-state index contributed by atoms with van der Waals surface area (Å²) in [4.78, 5) is 36.1. The Morgan fingerprint density at radius 1 is 0.972 bits per heavy atom. The highest BCUT2D eigenvalue weighted by atomic mass is 35.5. The van der Waals surface area contributed by atoms with Crippen molar-refractivity contribution in [3.8, 4) is 11.5 Å². The van der Waals surface area contributed by atoms with E-state index in [4.69, 9.17) is 21.1 Å². The lowest BCUT2D eigenvalue weighted by atomic mass is 10.1. The van der Waals surface area contributed by atoms with E-state index in [9.17, 15) is 14.4 Å². The average molecular weight is 509 g/mol. The summed E-state index contributed by atoms with van der Waals surface area (Å²) in [6.45, 7) is 0.419. The molecule has 0 saturated carbocycles. The molecule has 186 valence electrons. The van der Waals surface area contributed by atoms with Gasteiger partial charge in [-0.05, 0) is 60.0 Å². The van der Waals surface area contributed by atoms with Crippen LogP contribution >= 0.6 is 11.6 Å². The van der Waals surface area contributed by atoms with Crippen molar-refractivity contribution in [2.75, 3.05) is 25.6 Å². The number of hydrazone groups is 1. The summed E-state index contributed by atoms with van der Waals surface area (Å²) < 4.78 is 10.6. The summed E-state index contributed by atoms with van der Waals surface area (Å²) in [6.07, 6.45) is 2.11. The highest BCUT2D eigenvalue weighted by molar-refractivity contribution is 6.40. The van der Waals surface area contributed by atoms with Gasteiger partial charge in [0.15, 0.2) is 6.61 Å². The molecule has 36 heavy (non-hydrogen) atoms. The maximum Gasteiger partial charge on any atom is 0.329 e. The van der Waals surface area contributed by atoms with Crippen molar-refractivity contribution < 1.29 is 23.9 Å². The SMILES string of the molecule is COc1ccc(Cl)cc1NC(=O)C(=O)N/N=C\c1ccc(OCC(=O)NCCc2ccccc2)cc1. The van der Waals surface area contributed by atoms with Gasteiger partial charge in [-0.25, -0.2) is 5.43 Å². The topological polar surface area (TPSA) is 118 Å². The monoisotopic (exact) mass is 508 g/mol. The predicted molar refractivity (Wildman–Crippen MR) is 137 cm³/mol. The first kappa shape index (κ1) is 26.2. The molecule has 0 aliphatic rings. The van der Waals surface area contributed by atoms with Gasteiger partial charge in [0.05, 0.1) is 19.0 Å². The number of benzene rings is 3. The molecule has 0 saturated heterocycles. The number of anilines is 1. The normalized spacial score (nSPS) is 10.5. The fourth-order valence-corrected chi connectivity index (χ4v) is 3.19. The number of ether oxygens (including phenoxy) is 2. The number of carbonyl (C=O) groups excluding carboxylic acids is 3. The zero-order valence-electron chi connectivity index (χ0n) is 19.5. The smallest absolute Gasteiger partial charge is 0.329 e. The largest absolute Gasteiger partial charge is 0.495 e. The summed E-state index contributed by atoms with van der Waals surface area (Å²) in [7, 11) is 1.43. The van der Waals surface area contributed by atoms with E-state index in [-0.39, 0.29) is 18.2 Å². The molecule has 0 aliphatic heterocycles. The maximum atomic E-state index is 12.1. The van der Waals surface area contributed by atoms with Crippen LogP contribution in [0.15, 0.2) is 77.9 Å². The van der Waals surface area contributed by atoms with Gasteiger partial charge in [0.2, 0.25) is 0 Å². The quantitative estimate of drug-likeness (QED) is 0.221. The first-order chi connectivity index (χ1) is 17.4. The van der Waals surface area contributed by atoms with Gasteiger partial charge in [0.25, 0.3) is 5.91 Å². The Morgan fingerprint density at radius 2 is 1.72 bits per heavy atom. The number of hydrogen-bond acceptors (Lipinski definition) is 6. The van der Waals surface area contributed by atoms with Crippen molar-refractivity contribution in [3.63, 3.8) is 0 Å². The lowest BCUT2D eigenvalue weighted by Crippen LogP contribution is -2.32. The van der Waals surface area contributed by atoms with Crippen molar-refractivity contribution in [1.29, 1.82) is 0 Å². The lowest BCUT2D eigenvalue weighted by Gasteiger charge is -2.09. The molecule has 3 amide bonds. The molecule has 10 heteroatoms. The average Bonchev–Trinajstić information content (AvgIpc) is 2.89. The Bertz CT molecular complexity index is 1220. The molecule has 9 nitrogen and oxygen atoms in total. The molecule has 0 spiro atoms. The van der Waals surface area contributed by atoms with E-state index >= 15 is 0 Å².